The molecule has 2 aromatic carbocycles. The van der Waals surface area contributed by atoms with Crippen LogP contribution in [0.2, 0.25) is 5.02 Å². The Kier molecular flexibility index (Phi) is 6.45. The van der Waals surface area contributed by atoms with Gasteiger partial charge in [0.25, 0.3) is 11.8 Å². The third-order valence-electron chi connectivity index (χ3n) is 5.29. The Labute approximate surface area is 195 Å². The smallest absolute Gasteiger partial charge is 0.322 e. The number of alkyl halides is 3. The number of carbonyl (C=O) groups is 2. The maximum atomic E-state index is 14.0. The first-order valence-electron chi connectivity index (χ1n) is 10.0. The average Bonchev–Trinajstić information content (AvgIpc) is 3.12. The molecule has 3 aromatic rings. The molecule has 4 nitrogen and oxygen atoms in total. The zero-order chi connectivity index (χ0) is 23.8. The van der Waals surface area contributed by atoms with Gasteiger partial charge in [0.15, 0.2) is 0 Å². The van der Waals surface area contributed by atoms with Crippen molar-refractivity contribution in [1.82, 2.24) is 0 Å². The van der Waals surface area contributed by atoms with E-state index in [2.05, 4.69) is 5.32 Å². The molecular weight excluding hydrogens is 480 g/mol. The van der Waals surface area contributed by atoms with Crippen LogP contribution in [0.4, 0.5) is 28.9 Å². The summed E-state index contributed by atoms with van der Waals surface area (Å²) in [4.78, 5) is 28.4. The number of fused-ring (bicyclic) bond motifs is 1. The van der Waals surface area contributed by atoms with Crippen LogP contribution >= 0.6 is 22.9 Å². The van der Waals surface area contributed by atoms with Crippen molar-refractivity contribution in [1.29, 1.82) is 0 Å². The number of aryl methyl sites for hydroxylation is 1. The fraction of sp³-hybridized carbons (Fsp3) is 0.217. The van der Waals surface area contributed by atoms with Gasteiger partial charge in [0.1, 0.15) is 5.82 Å². The molecule has 0 radical (unpaired) electrons. The summed E-state index contributed by atoms with van der Waals surface area (Å²) >= 11 is 7.91. The molecular formula is C23H17ClF4N2O2S. The highest BCUT2D eigenvalue weighted by Crippen LogP contribution is 2.34. The van der Waals surface area contributed by atoms with E-state index in [1.54, 1.807) is 16.2 Å². The summed E-state index contributed by atoms with van der Waals surface area (Å²) in [7, 11) is 0. The number of hydrogen-bond acceptors (Lipinski definition) is 3. The van der Waals surface area contributed by atoms with Crippen LogP contribution in [0, 0.1) is 5.82 Å². The zero-order valence-corrected chi connectivity index (χ0v) is 18.6. The lowest BCUT2D eigenvalue weighted by Crippen LogP contribution is -2.31. The number of anilines is 2. The molecule has 2 heterocycles. The number of thiophene rings is 1. The van der Waals surface area contributed by atoms with Crippen LogP contribution in [0.15, 0.2) is 47.8 Å². The first-order valence-corrected chi connectivity index (χ1v) is 11.3. The summed E-state index contributed by atoms with van der Waals surface area (Å²) in [6.07, 6.45) is -1.99. The summed E-state index contributed by atoms with van der Waals surface area (Å²) in [6.45, 7) is 0.548. The van der Waals surface area contributed by atoms with E-state index in [1.165, 1.54) is 18.2 Å². The Morgan fingerprint density at radius 2 is 1.82 bits per heavy atom. The Hall–Kier alpha value is -2.91. The third kappa shape index (κ3) is 4.89. The molecule has 2 amide bonds. The minimum Gasteiger partial charge on any atom is -0.322 e. The second kappa shape index (κ2) is 9.15. The summed E-state index contributed by atoms with van der Waals surface area (Å²) < 4.78 is 52.7. The van der Waals surface area contributed by atoms with E-state index >= 15 is 0 Å². The first-order chi connectivity index (χ1) is 15.6. The number of nitrogens with one attached hydrogen (secondary N) is 1. The number of nitrogens with zero attached hydrogens (tertiary/aromatic N) is 1. The van der Waals surface area contributed by atoms with E-state index in [1.807, 2.05) is 11.4 Å². The van der Waals surface area contributed by atoms with Crippen LogP contribution in [0.5, 0.6) is 0 Å². The van der Waals surface area contributed by atoms with Gasteiger partial charge in [-0.15, -0.1) is 11.3 Å². The molecule has 172 valence electrons. The van der Waals surface area contributed by atoms with Crippen molar-refractivity contribution in [3.63, 3.8) is 0 Å². The van der Waals surface area contributed by atoms with E-state index in [4.69, 9.17) is 11.6 Å². The number of rotatable bonds is 3. The molecule has 0 saturated heterocycles. The van der Waals surface area contributed by atoms with Crippen LogP contribution in [0.3, 0.4) is 0 Å². The minimum atomic E-state index is -4.72. The average molecular weight is 497 g/mol. The second-order valence-electron chi connectivity index (χ2n) is 7.48. The van der Waals surface area contributed by atoms with Crippen molar-refractivity contribution in [3.8, 4) is 0 Å². The van der Waals surface area contributed by atoms with Gasteiger partial charge < -0.3 is 10.2 Å². The molecule has 1 aliphatic heterocycles. The number of amides is 2. The first kappa shape index (κ1) is 23.3. The molecule has 33 heavy (non-hydrogen) atoms. The number of benzene rings is 2. The maximum absolute atomic E-state index is 14.0. The Bertz CT molecular complexity index is 1230. The lowest BCUT2D eigenvalue weighted by Gasteiger charge is -2.22. The lowest BCUT2D eigenvalue weighted by atomic mass is 10.1. The molecule has 0 saturated carbocycles. The summed E-state index contributed by atoms with van der Waals surface area (Å²) in [5.41, 5.74) is -0.700. The SMILES string of the molecule is O=C(Nc1ccc(C(=O)N2CCCCc3sccc32)c(Cl)c1)c1cc(C(F)(F)F)ccc1F. The molecule has 1 N–H and O–H groups in total. The largest absolute Gasteiger partial charge is 0.416 e. The lowest BCUT2D eigenvalue weighted by molar-refractivity contribution is -0.137. The van der Waals surface area contributed by atoms with Crippen molar-refractivity contribution in [2.45, 2.75) is 25.4 Å². The highest BCUT2D eigenvalue weighted by atomic mass is 35.5. The van der Waals surface area contributed by atoms with Gasteiger partial charge >= 0.3 is 6.18 Å². The number of carbonyl (C=O) groups excluding carboxylic acids is 2. The van der Waals surface area contributed by atoms with Gasteiger partial charge in [0, 0.05) is 17.1 Å². The minimum absolute atomic E-state index is 0.0586. The van der Waals surface area contributed by atoms with Gasteiger partial charge in [-0.05, 0) is 67.1 Å². The topological polar surface area (TPSA) is 49.4 Å². The summed E-state index contributed by atoms with van der Waals surface area (Å²) in [5.74, 6) is -2.45. The third-order valence-corrected chi connectivity index (χ3v) is 6.57. The highest BCUT2D eigenvalue weighted by Gasteiger charge is 2.32. The van der Waals surface area contributed by atoms with Gasteiger partial charge in [-0.1, -0.05) is 11.6 Å². The fourth-order valence-electron chi connectivity index (χ4n) is 3.63. The predicted molar refractivity (Wildman–Crippen MR) is 120 cm³/mol. The van der Waals surface area contributed by atoms with Gasteiger partial charge in [0.2, 0.25) is 0 Å². The Morgan fingerprint density at radius 1 is 1.03 bits per heavy atom. The van der Waals surface area contributed by atoms with Gasteiger partial charge in [-0.25, -0.2) is 4.39 Å². The highest BCUT2D eigenvalue weighted by molar-refractivity contribution is 7.10. The van der Waals surface area contributed by atoms with E-state index in [-0.39, 0.29) is 22.2 Å². The molecule has 0 bridgehead atoms. The molecule has 10 heteroatoms. The molecule has 0 fully saturated rings. The van der Waals surface area contributed by atoms with Gasteiger partial charge in [-0.3, -0.25) is 9.59 Å². The number of halogens is 5. The normalized spacial score (nSPS) is 13.9. The summed E-state index contributed by atoms with van der Waals surface area (Å²) in [6, 6.07) is 7.63. The Balaban J connectivity index is 1.55. The van der Waals surface area contributed by atoms with Gasteiger partial charge in [-0.2, -0.15) is 13.2 Å². The van der Waals surface area contributed by atoms with Crippen LogP contribution in [0.25, 0.3) is 0 Å². The van der Waals surface area contributed by atoms with Crippen LogP contribution in [-0.4, -0.2) is 18.4 Å². The van der Waals surface area contributed by atoms with Crippen molar-refractivity contribution in [3.05, 3.63) is 80.3 Å². The molecule has 0 spiro atoms. The van der Waals surface area contributed by atoms with Crippen LogP contribution in [-0.2, 0) is 12.6 Å². The molecule has 4 rings (SSSR count). The van der Waals surface area contributed by atoms with E-state index < -0.39 is 29.0 Å². The number of hydrogen-bond donors (Lipinski definition) is 1. The maximum Gasteiger partial charge on any atom is 0.416 e. The van der Waals surface area contributed by atoms with E-state index in [0.29, 0.717) is 24.7 Å². The molecule has 0 aliphatic carbocycles. The fourth-order valence-corrected chi connectivity index (χ4v) is 4.82. The quantitative estimate of drug-likeness (QED) is 0.406. The zero-order valence-electron chi connectivity index (χ0n) is 17.0. The van der Waals surface area contributed by atoms with Crippen LogP contribution < -0.4 is 10.2 Å². The van der Waals surface area contributed by atoms with Crippen molar-refractivity contribution < 1.29 is 27.2 Å². The predicted octanol–water partition coefficient (Wildman–Crippen LogP) is 6.79. The van der Waals surface area contributed by atoms with Crippen LogP contribution in [0.1, 0.15) is 44.0 Å². The molecule has 0 atom stereocenters. The molecule has 0 unspecified atom stereocenters. The molecule has 1 aromatic heterocycles. The van der Waals surface area contributed by atoms with Crippen molar-refractivity contribution in [2.24, 2.45) is 0 Å². The Morgan fingerprint density at radius 3 is 2.55 bits per heavy atom. The van der Waals surface area contributed by atoms with Gasteiger partial charge in [0.05, 0.1) is 27.4 Å². The summed E-state index contributed by atoms with van der Waals surface area (Å²) in [5, 5.41) is 4.32. The van der Waals surface area contributed by atoms with Crippen molar-refractivity contribution in [2.75, 3.05) is 16.8 Å². The van der Waals surface area contributed by atoms with E-state index in [9.17, 15) is 27.2 Å². The monoisotopic (exact) mass is 496 g/mol. The molecule has 1 aliphatic rings. The van der Waals surface area contributed by atoms with E-state index in [0.717, 1.165) is 29.8 Å². The van der Waals surface area contributed by atoms with Crippen molar-refractivity contribution >= 4 is 46.1 Å². The second-order valence-corrected chi connectivity index (χ2v) is 8.89. The standard InChI is InChI=1S/C23H17ClF4N2O2S/c24-17-12-14(29-21(31)16-11-13(23(26,27)28)4-7-18(16)25)5-6-15(17)22(32)30-9-2-1-3-20-19(30)8-10-33-20/h4-8,10-12H,1-3,9H2,(H,29,31).